The van der Waals surface area contributed by atoms with E-state index in [1.54, 1.807) is 5.57 Å². The van der Waals surface area contributed by atoms with Crippen LogP contribution in [0.15, 0.2) is 48.1 Å². The zero-order valence-corrected chi connectivity index (χ0v) is 12.6. The van der Waals surface area contributed by atoms with Crippen LogP contribution in [0.4, 0.5) is 0 Å². The summed E-state index contributed by atoms with van der Waals surface area (Å²) in [6, 6.07) is 0. The minimum absolute atomic E-state index is 0. The molecule has 0 nitrogen and oxygen atoms in total. The number of rotatable bonds is 1. The van der Waals surface area contributed by atoms with Crippen molar-refractivity contribution in [1.29, 1.82) is 0 Å². The van der Waals surface area contributed by atoms with Crippen LogP contribution in [0.5, 0.6) is 0 Å². The summed E-state index contributed by atoms with van der Waals surface area (Å²) in [5.74, 6) is 2.20. The van der Waals surface area contributed by atoms with Gasteiger partial charge >= 0.3 is 21.7 Å². The van der Waals surface area contributed by atoms with Gasteiger partial charge in [0.25, 0.3) is 0 Å². The number of fused-ring (bicyclic) bond motifs is 1. The van der Waals surface area contributed by atoms with Crippen molar-refractivity contribution >= 4 is 0 Å². The van der Waals surface area contributed by atoms with Gasteiger partial charge in [-0.3, -0.25) is 0 Å². The second-order valence-corrected chi connectivity index (χ2v) is 4.42. The molecule has 17 heavy (non-hydrogen) atoms. The van der Waals surface area contributed by atoms with Gasteiger partial charge < -0.3 is 31.2 Å². The van der Waals surface area contributed by atoms with Gasteiger partial charge in [-0.1, -0.05) is 48.5 Å². The first kappa shape index (κ1) is 17.3. The van der Waals surface area contributed by atoms with Crippen LogP contribution in [0.1, 0.15) is 12.8 Å². The fourth-order valence-corrected chi connectivity index (χ4v) is 2.77. The minimum Gasteiger partial charge on any atom is -1.00 e. The van der Waals surface area contributed by atoms with Gasteiger partial charge in [-0.05, 0) is 12.3 Å². The third-order valence-electron chi connectivity index (χ3n) is 3.55. The van der Waals surface area contributed by atoms with Crippen molar-refractivity contribution in [3.05, 3.63) is 54.5 Å². The molecule has 3 rings (SSSR count). The van der Waals surface area contributed by atoms with Gasteiger partial charge in [0.15, 0.2) is 0 Å². The molecule has 0 bridgehead atoms. The van der Waals surface area contributed by atoms with Crippen LogP contribution >= 0.6 is 0 Å². The molecule has 0 amide bonds. The average Bonchev–Trinajstić information content (AvgIpc) is 2.86. The van der Waals surface area contributed by atoms with Crippen molar-refractivity contribution in [1.82, 2.24) is 0 Å². The molecule has 3 aliphatic carbocycles. The molecule has 0 N–H and O–H groups in total. The van der Waals surface area contributed by atoms with Gasteiger partial charge in [0.05, 0.1) is 0 Å². The van der Waals surface area contributed by atoms with E-state index in [0.717, 1.165) is 11.8 Å². The summed E-state index contributed by atoms with van der Waals surface area (Å²) in [5.41, 5.74) is 1.61. The molecule has 1 saturated carbocycles. The van der Waals surface area contributed by atoms with Crippen LogP contribution in [0.25, 0.3) is 0 Å². The van der Waals surface area contributed by atoms with Crippen LogP contribution in [-0.2, 0) is 21.7 Å². The number of hydrogen-bond donors (Lipinski definition) is 0. The van der Waals surface area contributed by atoms with E-state index < -0.39 is 0 Å². The van der Waals surface area contributed by atoms with Crippen molar-refractivity contribution < 1.29 is 46.5 Å². The minimum atomic E-state index is 0. The van der Waals surface area contributed by atoms with Crippen LogP contribution in [0.2, 0.25) is 0 Å². The summed E-state index contributed by atoms with van der Waals surface area (Å²) in [7, 11) is 0. The summed E-state index contributed by atoms with van der Waals surface area (Å²) in [6.45, 7) is 0. The SMILES string of the molecule is C1=CCC(C2[CH-]C3C=CC=CC3C2)=C1.[Cl-].[Cl-].[Ti+3]. The Morgan fingerprint density at radius 1 is 1.06 bits per heavy atom. The Balaban J connectivity index is 0.000000853. The van der Waals surface area contributed by atoms with Crippen LogP contribution in [0, 0.1) is 24.2 Å². The Kier molecular flexibility index (Phi) is 7.75. The summed E-state index contributed by atoms with van der Waals surface area (Å²) in [6.07, 6.45) is 20.9. The summed E-state index contributed by atoms with van der Waals surface area (Å²) in [4.78, 5) is 0. The van der Waals surface area contributed by atoms with Crippen molar-refractivity contribution in [2.75, 3.05) is 0 Å². The van der Waals surface area contributed by atoms with Crippen molar-refractivity contribution in [2.45, 2.75) is 12.8 Å². The zero-order chi connectivity index (χ0) is 9.38. The molecule has 0 aliphatic heterocycles. The molecule has 1 fully saturated rings. The molecule has 3 atom stereocenters. The first-order valence-corrected chi connectivity index (χ1v) is 5.49. The third-order valence-corrected chi connectivity index (χ3v) is 3.55. The Labute approximate surface area is 131 Å². The largest absolute Gasteiger partial charge is 3.00 e. The van der Waals surface area contributed by atoms with E-state index in [0.29, 0.717) is 5.92 Å². The van der Waals surface area contributed by atoms with Gasteiger partial charge in [-0.2, -0.15) is 0 Å². The van der Waals surface area contributed by atoms with Crippen LogP contribution in [-0.4, -0.2) is 0 Å². The zero-order valence-electron chi connectivity index (χ0n) is 9.52. The molecule has 89 valence electrons. The molecule has 0 aromatic rings. The van der Waals surface area contributed by atoms with Crippen molar-refractivity contribution in [3.63, 3.8) is 0 Å². The molecular weight excluding hydrogens is 287 g/mol. The first-order valence-electron chi connectivity index (χ1n) is 5.49. The topological polar surface area (TPSA) is 0 Å². The predicted molar refractivity (Wildman–Crippen MR) is 59.5 cm³/mol. The molecule has 1 radical (unpaired) electrons. The monoisotopic (exact) mass is 301 g/mol. The number of halogens is 2. The molecular formula is C14H15Cl2Ti. The fourth-order valence-electron chi connectivity index (χ4n) is 2.77. The van der Waals surface area contributed by atoms with Crippen LogP contribution in [0.3, 0.4) is 0 Å². The molecule has 3 aliphatic rings. The van der Waals surface area contributed by atoms with E-state index in [1.807, 2.05) is 0 Å². The molecule has 0 spiro atoms. The van der Waals surface area contributed by atoms with E-state index in [-0.39, 0.29) is 46.5 Å². The smallest absolute Gasteiger partial charge is 1.00 e. The van der Waals surface area contributed by atoms with Gasteiger partial charge in [0.2, 0.25) is 0 Å². The van der Waals surface area contributed by atoms with Gasteiger partial charge in [-0.25, -0.2) is 0 Å². The van der Waals surface area contributed by atoms with E-state index >= 15 is 0 Å². The molecule has 0 saturated heterocycles. The third kappa shape index (κ3) is 3.61. The fraction of sp³-hybridized carbons (Fsp3) is 0.357. The van der Waals surface area contributed by atoms with E-state index in [9.17, 15) is 0 Å². The van der Waals surface area contributed by atoms with E-state index in [4.69, 9.17) is 0 Å². The maximum atomic E-state index is 2.53. The van der Waals surface area contributed by atoms with Crippen molar-refractivity contribution in [2.24, 2.45) is 17.8 Å². The number of allylic oxidation sites excluding steroid dienone is 8. The average molecular weight is 302 g/mol. The quantitative estimate of drug-likeness (QED) is 0.370. The maximum absolute atomic E-state index is 2.53. The van der Waals surface area contributed by atoms with E-state index in [2.05, 4.69) is 49.0 Å². The second-order valence-electron chi connectivity index (χ2n) is 4.42. The molecule has 3 unspecified atom stereocenters. The first-order chi connectivity index (χ1) is 6.93. The molecule has 0 aromatic heterocycles. The normalized spacial score (nSPS) is 32.0. The summed E-state index contributed by atoms with van der Waals surface area (Å²) >= 11 is 0. The molecule has 0 aromatic carbocycles. The standard InChI is InChI=1S/C14H15.2ClH.Ti/c1-2-6-11(5-1)14-9-12-7-3-4-8-13(12)10-14;;;/h1-5,7-9,12-14H,6,10H2;2*1H;/q-1;;;+3/p-2. The van der Waals surface area contributed by atoms with Gasteiger partial charge in [0, 0.05) is 0 Å². The summed E-state index contributed by atoms with van der Waals surface area (Å²) < 4.78 is 0. The molecule has 3 heteroatoms. The summed E-state index contributed by atoms with van der Waals surface area (Å²) in [5, 5.41) is 0. The predicted octanol–water partition coefficient (Wildman–Crippen LogP) is -2.54. The van der Waals surface area contributed by atoms with Crippen molar-refractivity contribution in [3.8, 4) is 0 Å². The molecule has 0 heterocycles. The Hall–Kier alpha value is 0.254. The Morgan fingerprint density at radius 2 is 1.82 bits per heavy atom. The maximum Gasteiger partial charge on any atom is 3.00 e. The second kappa shape index (κ2) is 7.64. The Morgan fingerprint density at radius 3 is 2.47 bits per heavy atom. The van der Waals surface area contributed by atoms with Crippen LogP contribution < -0.4 is 24.8 Å². The van der Waals surface area contributed by atoms with E-state index in [1.165, 1.54) is 12.8 Å². The van der Waals surface area contributed by atoms with Gasteiger partial charge in [0.1, 0.15) is 0 Å². The van der Waals surface area contributed by atoms with Gasteiger partial charge in [-0.15, -0.1) is 17.9 Å². The Bertz CT molecular complexity index is 335. The number of hydrogen-bond acceptors (Lipinski definition) is 0.